The molecular weight excluding hydrogens is 410 g/mol. The van der Waals surface area contributed by atoms with Crippen molar-refractivity contribution in [3.63, 3.8) is 0 Å². The Hall–Kier alpha value is -3.07. The van der Waals surface area contributed by atoms with Gasteiger partial charge in [0, 0.05) is 38.1 Å². The van der Waals surface area contributed by atoms with Gasteiger partial charge in [-0.15, -0.1) is 11.3 Å². The molecule has 1 aliphatic heterocycles. The van der Waals surface area contributed by atoms with Gasteiger partial charge >= 0.3 is 0 Å². The third kappa shape index (κ3) is 3.85. The first kappa shape index (κ1) is 19.9. The first-order valence-corrected chi connectivity index (χ1v) is 11.4. The van der Waals surface area contributed by atoms with E-state index in [0.717, 1.165) is 64.2 Å². The highest BCUT2D eigenvalue weighted by molar-refractivity contribution is 7.15. The molecule has 1 saturated heterocycles. The van der Waals surface area contributed by atoms with E-state index < -0.39 is 0 Å². The summed E-state index contributed by atoms with van der Waals surface area (Å²) in [6.45, 7) is 8.43. The average Bonchev–Trinajstić information content (AvgIpc) is 3.30. The number of fused-ring (bicyclic) bond motifs is 1. The van der Waals surface area contributed by atoms with Crippen LogP contribution in [0.15, 0.2) is 35.4 Å². The number of anilines is 1. The Bertz CT molecular complexity index is 1300. The van der Waals surface area contributed by atoms with E-state index >= 15 is 0 Å². The highest BCUT2D eigenvalue weighted by atomic mass is 32.1. The van der Waals surface area contributed by atoms with Gasteiger partial charge in [-0.1, -0.05) is 0 Å². The SMILES string of the molecule is Cc1cc2c(N3CCC(Cn4nc(-c5sc(C)nc5C)ccc4=O)CC3)nccn2n1. The maximum Gasteiger partial charge on any atom is 0.266 e. The lowest BCUT2D eigenvalue weighted by molar-refractivity contribution is 0.335. The summed E-state index contributed by atoms with van der Waals surface area (Å²) in [5.74, 6) is 1.39. The number of nitrogens with zero attached hydrogens (tertiary/aromatic N) is 7. The second kappa shape index (κ2) is 7.88. The largest absolute Gasteiger partial charge is 0.355 e. The molecule has 8 nitrogen and oxygen atoms in total. The Balaban J connectivity index is 1.31. The molecule has 0 unspecified atom stereocenters. The maximum absolute atomic E-state index is 12.5. The molecule has 0 saturated carbocycles. The topological polar surface area (TPSA) is 81.2 Å². The number of aromatic nitrogens is 6. The highest BCUT2D eigenvalue weighted by Crippen LogP contribution is 2.28. The summed E-state index contributed by atoms with van der Waals surface area (Å²) in [4.78, 5) is 24.9. The zero-order chi connectivity index (χ0) is 21.5. The minimum atomic E-state index is -0.0498. The van der Waals surface area contributed by atoms with E-state index in [1.807, 2.05) is 31.5 Å². The van der Waals surface area contributed by atoms with Crippen LogP contribution < -0.4 is 10.5 Å². The summed E-state index contributed by atoms with van der Waals surface area (Å²) in [6, 6.07) is 5.51. The van der Waals surface area contributed by atoms with E-state index in [4.69, 9.17) is 0 Å². The predicted octanol–water partition coefficient (Wildman–Crippen LogP) is 3.25. The van der Waals surface area contributed by atoms with E-state index in [1.54, 1.807) is 34.3 Å². The van der Waals surface area contributed by atoms with Crippen LogP contribution in [0, 0.1) is 26.7 Å². The molecule has 0 amide bonds. The molecule has 1 fully saturated rings. The van der Waals surface area contributed by atoms with Crippen LogP contribution in [0.5, 0.6) is 0 Å². The van der Waals surface area contributed by atoms with Crippen molar-refractivity contribution in [2.45, 2.75) is 40.2 Å². The molecule has 0 aromatic carbocycles. The van der Waals surface area contributed by atoms with E-state index in [9.17, 15) is 4.79 Å². The lowest BCUT2D eigenvalue weighted by atomic mass is 9.97. The molecular formula is C22H25N7OS. The van der Waals surface area contributed by atoms with Crippen LogP contribution in [0.2, 0.25) is 0 Å². The fourth-order valence-electron chi connectivity index (χ4n) is 4.32. The summed E-state index contributed by atoms with van der Waals surface area (Å²) in [6.07, 6.45) is 5.68. The van der Waals surface area contributed by atoms with E-state index in [0.29, 0.717) is 12.5 Å². The van der Waals surface area contributed by atoms with Crippen LogP contribution in [0.3, 0.4) is 0 Å². The van der Waals surface area contributed by atoms with Crippen LogP contribution in [-0.4, -0.2) is 42.5 Å². The number of hydrogen-bond donors (Lipinski definition) is 0. The second-order valence-electron chi connectivity index (χ2n) is 8.18. The van der Waals surface area contributed by atoms with Gasteiger partial charge in [-0.2, -0.15) is 10.2 Å². The molecule has 4 aromatic rings. The molecule has 0 spiro atoms. The molecule has 0 N–H and O–H groups in total. The van der Waals surface area contributed by atoms with Crippen LogP contribution in [0.1, 0.15) is 29.2 Å². The first-order chi connectivity index (χ1) is 15.0. The van der Waals surface area contributed by atoms with Gasteiger partial charge in [-0.05, 0) is 51.7 Å². The van der Waals surface area contributed by atoms with Crippen LogP contribution in [0.25, 0.3) is 16.1 Å². The molecule has 1 aliphatic rings. The third-order valence-electron chi connectivity index (χ3n) is 5.84. The van der Waals surface area contributed by atoms with Gasteiger partial charge < -0.3 is 4.90 Å². The van der Waals surface area contributed by atoms with Crippen molar-refractivity contribution in [2.75, 3.05) is 18.0 Å². The van der Waals surface area contributed by atoms with Gasteiger partial charge in [-0.25, -0.2) is 19.2 Å². The fraction of sp³-hybridized carbons (Fsp3) is 0.409. The quantitative estimate of drug-likeness (QED) is 0.489. The van der Waals surface area contributed by atoms with Crippen molar-refractivity contribution >= 4 is 22.7 Å². The first-order valence-electron chi connectivity index (χ1n) is 10.6. The van der Waals surface area contributed by atoms with Gasteiger partial charge in [0.15, 0.2) is 5.82 Å². The standard InChI is InChI=1S/C22H25N7OS/c1-14-12-19-22(23-8-11-28(19)25-14)27-9-6-17(7-10-27)13-29-20(30)5-4-18(26-29)21-15(2)24-16(3)31-21/h4-5,8,11-12,17H,6-7,9-10,13H2,1-3H3. The Morgan fingerprint density at radius 1 is 1.13 bits per heavy atom. The van der Waals surface area contributed by atoms with Crippen molar-refractivity contribution in [3.8, 4) is 10.6 Å². The Labute approximate surface area is 184 Å². The van der Waals surface area contributed by atoms with Crippen molar-refractivity contribution < 1.29 is 0 Å². The molecule has 5 heterocycles. The third-order valence-corrected chi connectivity index (χ3v) is 6.94. The van der Waals surface area contributed by atoms with Gasteiger partial charge in [0.2, 0.25) is 0 Å². The molecule has 160 valence electrons. The molecule has 0 atom stereocenters. The van der Waals surface area contributed by atoms with E-state index in [1.165, 1.54) is 0 Å². The Morgan fingerprint density at radius 3 is 2.68 bits per heavy atom. The van der Waals surface area contributed by atoms with Crippen molar-refractivity contribution in [1.29, 1.82) is 0 Å². The normalized spacial score (nSPS) is 15.1. The van der Waals surface area contributed by atoms with Crippen LogP contribution in [-0.2, 0) is 6.54 Å². The number of rotatable bonds is 4. The number of aryl methyl sites for hydroxylation is 3. The minimum Gasteiger partial charge on any atom is -0.355 e. The van der Waals surface area contributed by atoms with Crippen molar-refractivity contribution in [3.05, 3.63) is 57.3 Å². The Kier molecular flexibility index (Phi) is 5.05. The summed E-state index contributed by atoms with van der Waals surface area (Å²) < 4.78 is 3.52. The summed E-state index contributed by atoms with van der Waals surface area (Å²) >= 11 is 1.62. The molecule has 9 heteroatoms. The van der Waals surface area contributed by atoms with Crippen LogP contribution in [0.4, 0.5) is 5.82 Å². The zero-order valence-electron chi connectivity index (χ0n) is 17.9. The predicted molar refractivity (Wildman–Crippen MR) is 122 cm³/mol. The molecule has 0 aliphatic carbocycles. The monoisotopic (exact) mass is 435 g/mol. The molecule has 0 bridgehead atoms. The number of hydrogen-bond acceptors (Lipinski definition) is 7. The average molecular weight is 436 g/mol. The second-order valence-corrected chi connectivity index (χ2v) is 9.39. The molecule has 4 aromatic heterocycles. The summed E-state index contributed by atoms with van der Waals surface area (Å²) in [5, 5.41) is 10.2. The van der Waals surface area contributed by atoms with Gasteiger partial charge in [0.05, 0.1) is 21.3 Å². The van der Waals surface area contributed by atoms with Crippen LogP contribution >= 0.6 is 11.3 Å². The number of thiazole rings is 1. The summed E-state index contributed by atoms with van der Waals surface area (Å²) in [5.41, 5.74) is 3.77. The fourth-order valence-corrected chi connectivity index (χ4v) is 5.20. The number of piperidine rings is 1. The molecule has 5 rings (SSSR count). The maximum atomic E-state index is 12.5. The van der Waals surface area contributed by atoms with E-state index in [-0.39, 0.29) is 5.56 Å². The van der Waals surface area contributed by atoms with Crippen molar-refractivity contribution in [2.24, 2.45) is 5.92 Å². The minimum absolute atomic E-state index is 0.0498. The van der Waals surface area contributed by atoms with Gasteiger partial charge in [-0.3, -0.25) is 4.79 Å². The molecule has 0 radical (unpaired) electrons. The zero-order valence-corrected chi connectivity index (χ0v) is 18.8. The Morgan fingerprint density at radius 2 is 1.94 bits per heavy atom. The smallest absolute Gasteiger partial charge is 0.266 e. The van der Waals surface area contributed by atoms with Gasteiger partial charge in [0.1, 0.15) is 11.2 Å². The molecule has 31 heavy (non-hydrogen) atoms. The lowest BCUT2D eigenvalue weighted by Crippen LogP contribution is -2.37. The van der Waals surface area contributed by atoms with Crippen molar-refractivity contribution in [1.82, 2.24) is 29.4 Å². The van der Waals surface area contributed by atoms with Gasteiger partial charge in [0.25, 0.3) is 5.56 Å². The highest BCUT2D eigenvalue weighted by Gasteiger charge is 2.23. The lowest BCUT2D eigenvalue weighted by Gasteiger charge is -2.33. The van der Waals surface area contributed by atoms with E-state index in [2.05, 4.69) is 31.1 Å². The summed E-state index contributed by atoms with van der Waals surface area (Å²) in [7, 11) is 0.